The van der Waals surface area contributed by atoms with Crippen LogP contribution in [0.15, 0.2) is 72.1 Å². The molecule has 0 saturated carbocycles. The molecule has 3 nitrogen and oxygen atoms in total. The van der Waals surface area contributed by atoms with E-state index in [0.29, 0.717) is 12.2 Å². The first-order valence-corrected chi connectivity index (χ1v) is 8.35. The number of benzene rings is 2. The van der Waals surface area contributed by atoms with Gasteiger partial charge in [-0.1, -0.05) is 66.7 Å². The Labute approximate surface area is 140 Å². The lowest BCUT2D eigenvalue weighted by atomic mass is 9.98. The van der Waals surface area contributed by atoms with E-state index >= 15 is 0 Å². The molecular weight excluding hydrogens is 304 g/mol. The lowest BCUT2D eigenvalue weighted by molar-refractivity contribution is 0.278. The zero-order chi connectivity index (χ0) is 15.9. The fraction of sp³-hybridized carbons (Fsp3) is 0.105. The van der Waals surface area contributed by atoms with Crippen molar-refractivity contribution in [3.63, 3.8) is 0 Å². The molecular formula is C19H18N2OS. The third-order valence-corrected chi connectivity index (χ3v) is 4.29. The number of anilines is 1. The molecule has 0 unspecified atom stereocenters. The van der Waals surface area contributed by atoms with E-state index in [0.717, 1.165) is 5.13 Å². The smallest absolute Gasteiger partial charge is 0.183 e. The number of aliphatic hydroxyl groups excluding tert-OH is 1. The summed E-state index contributed by atoms with van der Waals surface area (Å²) in [5, 5.41) is 15.0. The van der Waals surface area contributed by atoms with E-state index in [1.807, 2.05) is 41.8 Å². The van der Waals surface area contributed by atoms with Crippen molar-refractivity contribution >= 4 is 22.0 Å². The maximum atomic E-state index is 9.07. The van der Waals surface area contributed by atoms with Gasteiger partial charge in [-0.15, -0.1) is 11.3 Å². The van der Waals surface area contributed by atoms with Crippen molar-refractivity contribution in [1.29, 1.82) is 0 Å². The lowest BCUT2D eigenvalue weighted by Gasteiger charge is -2.09. The number of aromatic nitrogens is 1. The van der Waals surface area contributed by atoms with Crippen molar-refractivity contribution in [1.82, 2.24) is 4.98 Å². The summed E-state index contributed by atoms with van der Waals surface area (Å²) in [6.45, 7) is 0.658. The molecule has 0 saturated heterocycles. The van der Waals surface area contributed by atoms with E-state index in [9.17, 15) is 0 Å². The van der Waals surface area contributed by atoms with E-state index in [1.165, 1.54) is 28.0 Å². The molecule has 0 fully saturated rings. The van der Waals surface area contributed by atoms with Gasteiger partial charge in [-0.25, -0.2) is 4.98 Å². The van der Waals surface area contributed by atoms with Gasteiger partial charge in [-0.05, 0) is 16.7 Å². The van der Waals surface area contributed by atoms with Crippen molar-refractivity contribution in [2.75, 3.05) is 11.9 Å². The third kappa shape index (κ3) is 4.06. The van der Waals surface area contributed by atoms with Crippen molar-refractivity contribution in [2.24, 2.45) is 0 Å². The van der Waals surface area contributed by atoms with Gasteiger partial charge in [0.2, 0.25) is 0 Å². The van der Waals surface area contributed by atoms with Gasteiger partial charge < -0.3 is 10.4 Å². The van der Waals surface area contributed by atoms with Crippen molar-refractivity contribution in [2.45, 2.75) is 6.61 Å². The molecule has 1 aromatic heterocycles. The van der Waals surface area contributed by atoms with Crippen molar-refractivity contribution in [3.8, 4) is 0 Å². The van der Waals surface area contributed by atoms with E-state index in [-0.39, 0.29) is 6.61 Å². The number of nitrogens with zero attached hydrogens (tertiary/aromatic N) is 1. The summed E-state index contributed by atoms with van der Waals surface area (Å²) in [6.07, 6.45) is 2.17. The summed E-state index contributed by atoms with van der Waals surface area (Å²) in [6, 6.07) is 20.7. The summed E-state index contributed by atoms with van der Waals surface area (Å²) in [7, 11) is 0. The predicted molar refractivity (Wildman–Crippen MR) is 96.5 cm³/mol. The minimum atomic E-state index is -0.0205. The maximum absolute atomic E-state index is 9.07. The number of thiazole rings is 1. The molecule has 0 aliphatic carbocycles. The monoisotopic (exact) mass is 322 g/mol. The zero-order valence-electron chi connectivity index (χ0n) is 12.6. The largest absolute Gasteiger partial charge is 0.390 e. The average Bonchev–Trinajstić information content (AvgIpc) is 3.08. The van der Waals surface area contributed by atoms with Crippen LogP contribution in [-0.2, 0) is 6.61 Å². The van der Waals surface area contributed by atoms with Crippen LogP contribution < -0.4 is 5.32 Å². The van der Waals surface area contributed by atoms with Gasteiger partial charge in [0.1, 0.15) is 0 Å². The number of nitrogens with one attached hydrogen (secondary N) is 1. The van der Waals surface area contributed by atoms with Crippen LogP contribution in [0.1, 0.15) is 16.8 Å². The van der Waals surface area contributed by atoms with Crippen LogP contribution in [0, 0.1) is 0 Å². The first kappa shape index (κ1) is 15.5. The van der Waals surface area contributed by atoms with Crippen LogP contribution in [0.25, 0.3) is 5.57 Å². The molecule has 0 spiro atoms. The fourth-order valence-electron chi connectivity index (χ4n) is 2.34. The van der Waals surface area contributed by atoms with Crippen LogP contribution in [0.2, 0.25) is 0 Å². The SMILES string of the molecule is OCc1csc(NCC=C(c2ccccc2)c2ccccc2)n1. The van der Waals surface area contributed by atoms with E-state index in [2.05, 4.69) is 40.6 Å². The molecule has 23 heavy (non-hydrogen) atoms. The minimum Gasteiger partial charge on any atom is -0.390 e. The van der Waals surface area contributed by atoms with Gasteiger partial charge in [-0.3, -0.25) is 0 Å². The molecule has 0 aliphatic rings. The number of hydrogen-bond acceptors (Lipinski definition) is 4. The Kier molecular flexibility index (Phi) is 5.19. The van der Waals surface area contributed by atoms with Gasteiger partial charge in [0.25, 0.3) is 0 Å². The number of rotatable bonds is 6. The Bertz CT molecular complexity index is 725. The Balaban J connectivity index is 1.80. The molecule has 0 aliphatic heterocycles. The topological polar surface area (TPSA) is 45.1 Å². The molecule has 0 atom stereocenters. The molecule has 2 aromatic carbocycles. The number of aliphatic hydroxyl groups is 1. The highest BCUT2D eigenvalue weighted by atomic mass is 32.1. The highest BCUT2D eigenvalue weighted by molar-refractivity contribution is 7.13. The molecule has 116 valence electrons. The maximum Gasteiger partial charge on any atom is 0.183 e. The second kappa shape index (κ2) is 7.72. The van der Waals surface area contributed by atoms with Crippen LogP contribution in [0.5, 0.6) is 0 Å². The lowest BCUT2D eigenvalue weighted by Crippen LogP contribution is -2.00. The van der Waals surface area contributed by atoms with Gasteiger partial charge in [0, 0.05) is 11.9 Å². The Morgan fingerprint density at radius 1 is 1.00 bits per heavy atom. The highest BCUT2D eigenvalue weighted by Gasteiger charge is 2.04. The van der Waals surface area contributed by atoms with Gasteiger partial charge in [0.05, 0.1) is 12.3 Å². The fourth-order valence-corrected chi connectivity index (χ4v) is 3.05. The van der Waals surface area contributed by atoms with Gasteiger partial charge in [0.15, 0.2) is 5.13 Å². The van der Waals surface area contributed by atoms with Crippen molar-refractivity contribution in [3.05, 3.63) is 88.9 Å². The zero-order valence-corrected chi connectivity index (χ0v) is 13.5. The van der Waals surface area contributed by atoms with E-state index in [1.54, 1.807) is 0 Å². The third-order valence-electron chi connectivity index (χ3n) is 3.44. The molecule has 3 rings (SSSR count). The highest BCUT2D eigenvalue weighted by Crippen LogP contribution is 2.23. The second-order valence-corrected chi connectivity index (χ2v) is 5.89. The molecule has 1 heterocycles. The first-order chi connectivity index (χ1) is 11.4. The molecule has 2 N–H and O–H groups in total. The van der Waals surface area contributed by atoms with Crippen LogP contribution >= 0.6 is 11.3 Å². The van der Waals surface area contributed by atoms with E-state index < -0.39 is 0 Å². The standard InChI is InChI=1S/C19H18N2OS/c22-13-17-14-23-19(21-17)20-12-11-18(15-7-3-1-4-8-15)16-9-5-2-6-10-16/h1-11,14,22H,12-13H2,(H,20,21). The predicted octanol–water partition coefficient (Wildman–Crippen LogP) is 4.18. The summed E-state index contributed by atoms with van der Waals surface area (Å²) in [5.74, 6) is 0. The van der Waals surface area contributed by atoms with Crippen molar-refractivity contribution < 1.29 is 5.11 Å². The first-order valence-electron chi connectivity index (χ1n) is 7.47. The minimum absolute atomic E-state index is 0.0205. The summed E-state index contributed by atoms with van der Waals surface area (Å²) < 4.78 is 0. The summed E-state index contributed by atoms with van der Waals surface area (Å²) in [5.41, 5.74) is 4.27. The van der Waals surface area contributed by atoms with Crippen LogP contribution in [0.4, 0.5) is 5.13 Å². The Hall–Kier alpha value is -2.43. The molecule has 3 aromatic rings. The molecule has 4 heteroatoms. The molecule has 0 amide bonds. The molecule has 0 radical (unpaired) electrons. The average molecular weight is 322 g/mol. The van der Waals surface area contributed by atoms with E-state index in [4.69, 9.17) is 5.11 Å². The van der Waals surface area contributed by atoms with Crippen LogP contribution in [0.3, 0.4) is 0 Å². The quantitative estimate of drug-likeness (QED) is 0.715. The van der Waals surface area contributed by atoms with Gasteiger partial charge >= 0.3 is 0 Å². The summed E-state index contributed by atoms with van der Waals surface area (Å²) >= 11 is 1.51. The second-order valence-electron chi connectivity index (χ2n) is 5.03. The summed E-state index contributed by atoms with van der Waals surface area (Å²) in [4.78, 5) is 4.30. The Morgan fingerprint density at radius 3 is 2.13 bits per heavy atom. The normalized spacial score (nSPS) is 10.3. The van der Waals surface area contributed by atoms with Gasteiger partial charge in [-0.2, -0.15) is 0 Å². The molecule has 0 bridgehead atoms. The Morgan fingerprint density at radius 2 is 1.61 bits per heavy atom. The van der Waals surface area contributed by atoms with Crippen LogP contribution in [-0.4, -0.2) is 16.6 Å². The number of hydrogen-bond donors (Lipinski definition) is 2.